The van der Waals surface area contributed by atoms with Crippen molar-refractivity contribution in [1.29, 1.82) is 0 Å². The fourth-order valence-corrected chi connectivity index (χ4v) is 14.1. The number of rotatable bonds is 10. The van der Waals surface area contributed by atoms with Crippen molar-refractivity contribution in [3.05, 3.63) is 211 Å². The van der Waals surface area contributed by atoms with Crippen molar-refractivity contribution in [3.8, 4) is 44.5 Å². The molecular formula is C72H62F8N6O10. The second-order valence-electron chi connectivity index (χ2n) is 24.5. The minimum atomic E-state index is -0.684. The lowest BCUT2D eigenvalue weighted by Crippen LogP contribution is -2.23. The Balaban J connectivity index is 0.000000116. The lowest BCUT2D eigenvalue weighted by atomic mass is 9.92. The van der Waals surface area contributed by atoms with Crippen LogP contribution in [0.3, 0.4) is 0 Å². The van der Waals surface area contributed by atoms with E-state index in [-0.39, 0.29) is 107 Å². The van der Waals surface area contributed by atoms with Crippen LogP contribution in [0.25, 0.3) is 44.5 Å². The molecule has 4 saturated heterocycles. The number of esters is 2. The first-order valence-corrected chi connectivity index (χ1v) is 31.7. The molecule has 0 radical (unpaired) electrons. The van der Waals surface area contributed by atoms with E-state index in [4.69, 9.17) is 39.9 Å². The number of benzene rings is 4. The number of halogens is 8. The maximum Gasteiger partial charge on any atom is 0.356 e. The maximum atomic E-state index is 14.4. The molecule has 4 aromatic heterocycles. The van der Waals surface area contributed by atoms with Gasteiger partial charge in [-0.15, -0.1) is 0 Å². The van der Waals surface area contributed by atoms with E-state index >= 15 is 0 Å². The number of hydrogen-bond donors (Lipinski definition) is 2. The van der Waals surface area contributed by atoms with E-state index in [1.54, 1.807) is 13.8 Å². The summed E-state index contributed by atoms with van der Waals surface area (Å²) in [6.07, 6.45) is 8.86. The number of carbonyl (C=O) groups is 4. The topological polar surface area (TPSA) is 227 Å². The second-order valence-corrected chi connectivity index (χ2v) is 24.5. The SMILES string of the molecule is CCOC(=O)c1cc(-c2ccc(F)cc2F)c2c(n1)[C@@H]1CC[C@H](C2)O1.CCOC(=O)c1cc(-c2ccc(F)cc2F)c2c(n1)[C@H]1CC[C@@H](C2)O1.NC(=O)c1cc(-c2ccc(F)cc2F)c2c(n1)[C@@H]1CC[C@H](C2)O1.NC(=O)c1cc(-c2ccc(F)cc2F)c2c(n1)[C@H]1CC[C@@H](C2)O1. The normalized spacial score (nSPS) is 21.5. The van der Waals surface area contributed by atoms with Crippen LogP contribution in [0.2, 0.25) is 0 Å². The van der Waals surface area contributed by atoms with Gasteiger partial charge >= 0.3 is 11.9 Å². The molecule has 8 bridgehead atoms. The average molecular weight is 1320 g/mol. The molecule has 0 aliphatic carbocycles. The lowest BCUT2D eigenvalue weighted by molar-refractivity contribution is 0.0288. The fraction of sp³-hybridized carbons (Fsp3) is 0.333. The number of nitrogens with zero attached hydrogens (tertiary/aromatic N) is 4. The molecular weight excluding hydrogens is 1260 g/mol. The Morgan fingerprint density at radius 3 is 0.833 bits per heavy atom. The third-order valence-electron chi connectivity index (χ3n) is 18.4. The molecule has 4 aromatic carbocycles. The van der Waals surface area contributed by atoms with Gasteiger partial charge in [0.15, 0.2) is 0 Å². The van der Waals surface area contributed by atoms with Crippen molar-refractivity contribution in [1.82, 2.24) is 19.9 Å². The van der Waals surface area contributed by atoms with Crippen LogP contribution in [0.1, 0.15) is 177 Å². The third-order valence-corrected chi connectivity index (χ3v) is 18.4. The molecule has 4 fully saturated rings. The Morgan fingerprint density at radius 1 is 0.365 bits per heavy atom. The van der Waals surface area contributed by atoms with Gasteiger partial charge in [0.25, 0.3) is 11.8 Å². The molecule has 16 nitrogen and oxygen atoms in total. The Morgan fingerprint density at radius 2 is 0.604 bits per heavy atom. The van der Waals surface area contributed by atoms with Gasteiger partial charge in [0.2, 0.25) is 0 Å². The van der Waals surface area contributed by atoms with Crippen molar-refractivity contribution in [2.75, 3.05) is 13.2 Å². The van der Waals surface area contributed by atoms with Gasteiger partial charge < -0.3 is 39.9 Å². The standard InChI is InChI=1S/2C19H17F2NO3.2C17H14F2N2O2/c2*1-2-24-19(23)16-9-13(12-5-3-10(20)7-15(12)21)14-8-11-4-6-17(25-11)18(14)22-16;2*18-8-1-3-10(13(19)5-8)11-7-14(17(20)22)21-16-12(11)6-9-2-4-15(16)23-9/h2*3,5,7,9,11,17H,2,4,6,8H2,1H3;2*1,3,5,7,9,15H,2,4,6H2,(H2,20,22)/t2*11-,17+;2*9-,15+/m1010/s1. The molecule has 8 aliphatic rings. The van der Waals surface area contributed by atoms with Crippen LogP contribution in [0.4, 0.5) is 35.1 Å². The van der Waals surface area contributed by atoms with Crippen LogP contribution in [0.15, 0.2) is 97.1 Å². The maximum absolute atomic E-state index is 14.4. The van der Waals surface area contributed by atoms with E-state index in [1.807, 2.05) is 0 Å². The van der Waals surface area contributed by atoms with Crippen LogP contribution in [-0.4, -0.2) is 81.3 Å². The summed E-state index contributed by atoms with van der Waals surface area (Å²) in [7, 11) is 0. The summed E-state index contributed by atoms with van der Waals surface area (Å²) in [6, 6.07) is 19.8. The number of amides is 2. The van der Waals surface area contributed by atoms with E-state index in [0.29, 0.717) is 70.7 Å². The summed E-state index contributed by atoms with van der Waals surface area (Å²) >= 11 is 0. The molecule has 496 valence electrons. The van der Waals surface area contributed by atoms with Crippen molar-refractivity contribution in [2.45, 2.75) is 140 Å². The molecule has 12 heterocycles. The Kier molecular flexibility index (Phi) is 18.4. The van der Waals surface area contributed by atoms with E-state index in [2.05, 4.69) is 19.9 Å². The van der Waals surface area contributed by atoms with Crippen molar-refractivity contribution >= 4 is 23.8 Å². The molecule has 0 spiro atoms. The summed E-state index contributed by atoms with van der Waals surface area (Å²) in [5, 5.41) is 0. The zero-order valence-corrected chi connectivity index (χ0v) is 51.8. The van der Waals surface area contributed by atoms with Crippen molar-refractivity contribution < 1.29 is 82.7 Å². The molecule has 8 aliphatic heterocycles. The summed E-state index contributed by atoms with van der Waals surface area (Å²) in [4.78, 5) is 65.1. The van der Waals surface area contributed by atoms with Gasteiger partial charge in [-0.25, -0.2) is 64.6 Å². The van der Waals surface area contributed by atoms with Gasteiger partial charge in [0.1, 0.15) is 93.7 Å². The number of hydrogen-bond acceptors (Lipinski definition) is 14. The summed E-state index contributed by atoms with van der Waals surface area (Å²) in [5.74, 6) is -7.74. The van der Waals surface area contributed by atoms with Gasteiger partial charge in [-0.3, -0.25) is 9.59 Å². The number of ether oxygens (including phenoxy) is 6. The number of aromatic nitrogens is 4. The Bertz CT molecular complexity index is 4190. The smallest absolute Gasteiger partial charge is 0.356 e. The molecule has 8 atom stereocenters. The van der Waals surface area contributed by atoms with Crippen LogP contribution in [0.5, 0.6) is 0 Å². The highest BCUT2D eigenvalue weighted by molar-refractivity contribution is 5.94. The first-order valence-electron chi connectivity index (χ1n) is 31.7. The van der Waals surface area contributed by atoms with E-state index < -0.39 is 70.3 Å². The zero-order valence-electron chi connectivity index (χ0n) is 51.8. The number of primary amides is 2. The number of fused-ring (bicyclic) bond motifs is 16. The van der Waals surface area contributed by atoms with Gasteiger partial charge in [-0.05, 0) is 183 Å². The number of nitrogens with two attached hydrogens (primary N) is 2. The highest BCUT2D eigenvalue weighted by Crippen LogP contribution is 2.49. The molecule has 2 amide bonds. The van der Waals surface area contributed by atoms with E-state index in [9.17, 15) is 54.3 Å². The Hall–Kier alpha value is -9.36. The first-order chi connectivity index (χ1) is 46.2. The summed E-state index contributed by atoms with van der Waals surface area (Å²) in [5.41, 5.74) is 20.4. The predicted molar refractivity (Wildman–Crippen MR) is 330 cm³/mol. The Labute approximate surface area is 544 Å². The second kappa shape index (κ2) is 27.0. The quantitative estimate of drug-likeness (QED) is 0.0959. The molecule has 16 rings (SSSR count). The van der Waals surface area contributed by atoms with Crippen LogP contribution in [0, 0.1) is 46.5 Å². The monoisotopic (exact) mass is 1320 g/mol. The lowest BCUT2D eigenvalue weighted by Gasteiger charge is -2.26. The average Bonchev–Trinajstić information content (AvgIpc) is 1.74. The molecule has 0 saturated carbocycles. The summed E-state index contributed by atoms with van der Waals surface area (Å²) in [6.45, 7) is 3.86. The van der Waals surface area contributed by atoms with Crippen LogP contribution < -0.4 is 11.5 Å². The number of pyridine rings is 4. The molecule has 8 aromatic rings. The van der Waals surface area contributed by atoms with Crippen LogP contribution >= 0.6 is 0 Å². The number of carbonyl (C=O) groups excluding carboxylic acids is 4. The molecule has 0 unspecified atom stereocenters. The molecule has 24 heteroatoms. The minimum absolute atomic E-state index is 0.0661. The third kappa shape index (κ3) is 13.1. The van der Waals surface area contributed by atoms with Gasteiger partial charge in [0, 0.05) is 72.2 Å². The minimum Gasteiger partial charge on any atom is -0.461 e. The van der Waals surface area contributed by atoms with Gasteiger partial charge in [-0.1, -0.05) is 0 Å². The van der Waals surface area contributed by atoms with Crippen LogP contribution in [-0.2, 0) is 54.1 Å². The highest BCUT2D eigenvalue weighted by Gasteiger charge is 2.42. The van der Waals surface area contributed by atoms with Crippen molar-refractivity contribution in [3.63, 3.8) is 0 Å². The predicted octanol–water partition coefficient (Wildman–Crippen LogP) is 13.8. The molecule has 96 heavy (non-hydrogen) atoms. The van der Waals surface area contributed by atoms with E-state index in [0.717, 1.165) is 97.9 Å². The fourth-order valence-electron chi connectivity index (χ4n) is 14.1. The largest absolute Gasteiger partial charge is 0.461 e. The summed E-state index contributed by atoms with van der Waals surface area (Å²) < 4.78 is 144. The zero-order chi connectivity index (χ0) is 67.4. The van der Waals surface area contributed by atoms with Gasteiger partial charge in [0.05, 0.1) is 60.4 Å². The highest BCUT2D eigenvalue weighted by atomic mass is 19.2. The first kappa shape index (κ1) is 65.3. The van der Waals surface area contributed by atoms with E-state index in [1.165, 1.54) is 72.8 Å². The van der Waals surface area contributed by atoms with Crippen molar-refractivity contribution in [2.24, 2.45) is 11.5 Å². The molecule has 4 N–H and O–H groups in total. The van der Waals surface area contributed by atoms with Gasteiger partial charge in [-0.2, -0.15) is 0 Å².